The van der Waals surface area contributed by atoms with Crippen LogP contribution in [0.25, 0.3) is 0 Å². The van der Waals surface area contributed by atoms with Crippen molar-refractivity contribution >= 4 is 0 Å². The monoisotopic (exact) mass is 177 g/mol. The van der Waals surface area contributed by atoms with Gasteiger partial charge in [-0.25, -0.2) is 0 Å². The van der Waals surface area contributed by atoms with E-state index in [4.69, 9.17) is 10.00 Å². The third-order valence-corrected chi connectivity index (χ3v) is 1.86. The average Bonchev–Trinajstić information content (AvgIpc) is 2.16. The number of methoxy groups -OCH3 is 1. The minimum absolute atomic E-state index is 0.519. The van der Waals surface area contributed by atoms with Crippen molar-refractivity contribution in [3.63, 3.8) is 0 Å². The molecular weight excluding hydrogens is 166 g/mol. The Kier molecular flexibility index (Phi) is 2.88. The standard InChI is InChI=1S/C10H11NO2/c1-7-4-3-5-8(9(12)6-11)10(7)13-2/h3-5,9,12H,1-2H3. The van der Waals surface area contributed by atoms with E-state index in [-0.39, 0.29) is 0 Å². The van der Waals surface area contributed by atoms with E-state index in [0.717, 1.165) is 5.56 Å². The Morgan fingerprint density at radius 3 is 2.77 bits per heavy atom. The fraction of sp³-hybridized carbons (Fsp3) is 0.300. The van der Waals surface area contributed by atoms with Gasteiger partial charge >= 0.3 is 0 Å². The molecule has 0 radical (unpaired) electrons. The zero-order chi connectivity index (χ0) is 9.84. The maximum atomic E-state index is 9.32. The van der Waals surface area contributed by atoms with Crippen molar-refractivity contribution in [1.82, 2.24) is 0 Å². The maximum absolute atomic E-state index is 9.32. The highest BCUT2D eigenvalue weighted by Crippen LogP contribution is 2.27. The summed E-state index contributed by atoms with van der Waals surface area (Å²) in [5, 5.41) is 17.9. The Morgan fingerprint density at radius 1 is 1.54 bits per heavy atom. The van der Waals surface area contributed by atoms with Crippen LogP contribution in [-0.2, 0) is 0 Å². The van der Waals surface area contributed by atoms with E-state index >= 15 is 0 Å². The molecule has 0 aliphatic carbocycles. The molecule has 0 aromatic heterocycles. The van der Waals surface area contributed by atoms with E-state index < -0.39 is 6.10 Å². The van der Waals surface area contributed by atoms with Crippen molar-refractivity contribution in [3.05, 3.63) is 29.3 Å². The molecule has 0 saturated carbocycles. The topological polar surface area (TPSA) is 53.2 Å². The van der Waals surface area contributed by atoms with Crippen molar-refractivity contribution in [1.29, 1.82) is 5.26 Å². The average molecular weight is 177 g/mol. The Bertz CT molecular complexity index is 341. The van der Waals surface area contributed by atoms with Crippen LogP contribution < -0.4 is 4.74 Å². The van der Waals surface area contributed by atoms with Crippen LogP contribution in [0, 0.1) is 18.3 Å². The van der Waals surface area contributed by atoms with Crippen molar-refractivity contribution in [2.75, 3.05) is 7.11 Å². The number of nitriles is 1. The molecule has 1 aromatic carbocycles. The molecule has 0 saturated heterocycles. The highest BCUT2D eigenvalue weighted by atomic mass is 16.5. The number of hydrogen-bond donors (Lipinski definition) is 1. The summed E-state index contributed by atoms with van der Waals surface area (Å²) in [7, 11) is 1.52. The molecule has 0 heterocycles. The number of aliphatic hydroxyl groups is 1. The van der Waals surface area contributed by atoms with Crippen LogP contribution >= 0.6 is 0 Å². The Labute approximate surface area is 77.2 Å². The molecule has 1 N–H and O–H groups in total. The fourth-order valence-electron chi connectivity index (χ4n) is 1.24. The van der Waals surface area contributed by atoms with Gasteiger partial charge in [0.2, 0.25) is 0 Å². The Morgan fingerprint density at radius 2 is 2.23 bits per heavy atom. The molecule has 0 amide bonds. The van der Waals surface area contributed by atoms with E-state index in [1.54, 1.807) is 18.2 Å². The molecule has 13 heavy (non-hydrogen) atoms. The first-order chi connectivity index (χ1) is 6.20. The molecule has 1 atom stereocenters. The van der Waals surface area contributed by atoms with Gasteiger partial charge in [-0.05, 0) is 12.5 Å². The molecule has 1 unspecified atom stereocenters. The lowest BCUT2D eigenvalue weighted by atomic mass is 10.1. The minimum atomic E-state index is -1.12. The number of aryl methyl sites for hydroxylation is 1. The number of ether oxygens (including phenoxy) is 1. The number of hydrogen-bond acceptors (Lipinski definition) is 3. The summed E-state index contributed by atoms with van der Waals surface area (Å²) < 4.78 is 5.09. The van der Waals surface area contributed by atoms with E-state index in [1.165, 1.54) is 7.11 Å². The smallest absolute Gasteiger partial charge is 0.169 e. The van der Waals surface area contributed by atoms with Gasteiger partial charge in [0.05, 0.1) is 13.2 Å². The Balaban J connectivity index is 3.21. The molecule has 0 aliphatic rings. The summed E-state index contributed by atoms with van der Waals surface area (Å²) in [6, 6.07) is 7.09. The lowest BCUT2D eigenvalue weighted by Crippen LogP contribution is -1.99. The van der Waals surface area contributed by atoms with Gasteiger partial charge in [0.1, 0.15) is 5.75 Å². The largest absolute Gasteiger partial charge is 0.496 e. The van der Waals surface area contributed by atoms with Crippen molar-refractivity contribution in [2.45, 2.75) is 13.0 Å². The molecule has 68 valence electrons. The van der Waals surface area contributed by atoms with Gasteiger partial charge in [-0.2, -0.15) is 5.26 Å². The molecule has 3 heteroatoms. The van der Waals surface area contributed by atoms with Crippen molar-refractivity contribution in [2.24, 2.45) is 0 Å². The van der Waals surface area contributed by atoms with Gasteiger partial charge in [-0.15, -0.1) is 0 Å². The van der Waals surface area contributed by atoms with Crippen LogP contribution in [0.4, 0.5) is 0 Å². The van der Waals surface area contributed by atoms with Gasteiger partial charge in [-0.1, -0.05) is 18.2 Å². The summed E-state index contributed by atoms with van der Waals surface area (Å²) in [5.74, 6) is 0.580. The van der Waals surface area contributed by atoms with Gasteiger partial charge in [0.25, 0.3) is 0 Å². The third-order valence-electron chi connectivity index (χ3n) is 1.86. The predicted octanol–water partition coefficient (Wildman–Crippen LogP) is 1.56. The molecule has 1 aromatic rings. The maximum Gasteiger partial charge on any atom is 0.169 e. The highest BCUT2D eigenvalue weighted by Gasteiger charge is 2.13. The number of rotatable bonds is 2. The highest BCUT2D eigenvalue weighted by molar-refractivity contribution is 5.43. The van der Waals surface area contributed by atoms with Crippen LogP contribution in [0.3, 0.4) is 0 Å². The van der Waals surface area contributed by atoms with Crippen LogP contribution in [0.1, 0.15) is 17.2 Å². The zero-order valence-corrected chi connectivity index (χ0v) is 7.61. The van der Waals surface area contributed by atoms with Crippen LogP contribution in [0.2, 0.25) is 0 Å². The Hall–Kier alpha value is -1.53. The van der Waals surface area contributed by atoms with Crippen LogP contribution in [-0.4, -0.2) is 12.2 Å². The minimum Gasteiger partial charge on any atom is -0.496 e. The molecule has 3 nitrogen and oxygen atoms in total. The molecule has 0 fully saturated rings. The quantitative estimate of drug-likeness (QED) is 0.697. The SMILES string of the molecule is COc1c(C)cccc1C(O)C#N. The number of benzene rings is 1. The molecule has 0 aliphatic heterocycles. The molecule has 0 spiro atoms. The van der Waals surface area contributed by atoms with Crippen molar-refractivity contribution < 1.29 is 9.84 Å². The summed E-state index contributed by atoms with van der Waals surface area (Å²) in [6.07, 6.45) is -1.12. The molecule has 1 rings (SSSR count). The lowest BCUT2D eigenvalue weighted by Gasteiger charge is -2.11. The molecule has 0 bridgehead atoms. The second-order valence-corrected chi connectivity index (χ2v) is 2.73. The summed E-state index contributed by atoms with van der Waals surface area (Å²) in [4.78, 5) is 0. The zero-order valence-electron chi connectivity index (χ0n) is 7.61. The predicted molar refractivity (Wildman–Crippen MR) is 48.3 cm³/mol. The van der Waals surface area contributed by atoms with E-state index in [2.05, 4.69) is 0 Å². The lowest BCUT2D eigenvalue weighted by molar-refractivity contribution is 0.229. The van der Waals surface area contributed by atoms with E-state index in [9.17, 15) is 5.11 Å². The summed E-state index contributed by atoms with van der Waals surface area (Å²) in [5.41, 5.74) is 1.43. The number of para-hydroxylation sites is 1. The van der Waals surface area contributed by atoms with Gasteiger partial charge in [0, 0.05) is 5.56 Å². The van der Waals surface area contributed by atoms with Crippen LogP contribution in [0.15, 0.2) is 18.2 Å². The second-order valence-electron chi connectivity index (χ2n) is 2.73. The molecular formula is C10H11NO2. The number of nitrogens with zero attached hydrogens (tertiary/aromatic N) is 1. The summed E-state index contributed by atoms with van der Waals surface area (Å²) in [6.45, 7) is 1.87. The third kappa shape index (κ3) is 1.79. The van der Waals surface area contributed by atoms with Gasteiger partial charge < -0.3 is 9.84 Å². The summed E-state index contributed by atoms with van der Waals surface area (Å²) >= 11 is 0. The van der Waals surface area contributed by atoms with Gasteiger partial charge in [-0.3, -0.25) is 0 Å². The fourth-order valence-corrected chi connectivity index (χ4v) is 1.24. The second kappa shape index (κ2) is 3.92. The van der Waals surface area contributed by atoms with Crippen molar-refractivity contribution in [3.8, 4) is 11.8 Å². The van der Waals surface area contributed by atoms with E-state index in [1.807, 2.05) is 13.0 Å². The van der Waals surface area contributed by atoms with Gasteiger partial charge in [0.15, 0.2) is 6.10 Å². The first-order valence-electron chi connectivity index (χ1n) is 3.92. The van der Waals surface area contributed by atoms with Crippen LogP contribution in [0.5, 0.6) is 5.75 Å². The first kappa shape index (κ1) is 9.56. The van der Waals surface area contributed by atoms with E-state index in [0.29, 0.717) is 11.3 Å². The number of aliphatic hydroxyl groups excluding tert-OH is 1. The first-order valence-corrected chi connectivity index (χ1v) is 3.92. The normalized spacial score (nSPS) is 11.8.